The summed E-state index contributed by atoms with van der Waals surface area (Å²) in [7, 11) is 0. The van der Waals surface area contributed by atoms with Gasteiger partial charge >= 0.3 is 5.97 Å². The third kappa shape index (κ3) is 5.05. The van der Waals surface area contributed by atoms with E-state index in [1.807, 2.05) is 60.7 Å². The molecule has 3 aromatic rings. The Morgan fingerprint density at radius 3 is 2.14 bits per heavy atom. The van der Waals surface area contributed by atoms with Crippen LogP contribution in [0.15, 0.2) is 84.9 Å². The SMILES string of the molecule is C[C@H](c1ccccc1)N(Cc1ccccc1)[C@@H](CC(=O)O)c1cccc(F)c1. The van der Waals surface area contributed by atoms with Crippen molar-refractivity contribution in [3.05, 3.63) is 107 Å². The molecular formula is C24H24FNO2. The van der Waals surface area contributed by atoms with Crippen LogP contribution in [0.2, 0.25) is 0 Å². The zero-order chi connectivity index (χ0) is 19.9. The maximum atomic E-state index is 13.9. The van der Waals surface area contributed by atoms with Crippen molar-refractivity contribution in [3.8, 4) is 0 Å². The zero-order valence-corrected chi connectivity index (χ0v) is 15.8. The minimum Gasteiger partial charge on any atom is -0.481 e. The van der Waals surface area contributed by atoms with Crippen LogP contribution in [0.5, 0.6) is 0 Å². The Morgan fingerprint density at radius 1 is 0.929 bits per heavy atom. The van der Waals surface area contributed by atoms with Crippen LogP contribution in [0.1, 0.15) is 42.1 Å². The van der Waals surface area contributed by atoms with Gasteiger partial charge < -0.3 is 5.11 Å². The first kappa shape index (κ1) is 19.8. The van der Waals surface area contributed by atoms with Crippen LogP contribution in [0, 0.1) is 5.82 Å². The van der Waals surface area contributed by atoms with Gasteiger partial charge in [0.1, 0.15) is 5.82 Å². The van der Waals surface area contributed by atoms with Crippen LogP contribution in [-0.4, -0.2) is 16.0 Å². The van der Waals surface area contributed by atoms with E-state index in [9.17, 15) is 14.3 Å². The van der Waals surface area contributed by atoms with Crippen LogP contribution in [-0.2, 0) is 11.3 Å². The van der Waals surface area contributed by atoms with Gasteiger partial charge in [0.2, 0.25) is 0 Å². The second kappa shape index (κ2) is 9.29. The average molecular weight is 377 g/mol. The maximum absolute atomic E-state index is 13.9. The highest BCUT2D eigenvalue weighted by Crippen LogP contribution is 2.34. The molecule has 0 fully saturated rings. The number of hydrogen-bond acceptors (Lipinski definition) is 2. The first-order valence-corrected chi connectivity index (χ1v) is 9.36. The number of carboxylic acid groups (broad SMARTS) is 1. The van der Waals surface area contributed by atoms with Gasteiger partial charge in [0.15, 0.2) is 0 Å². The standard InChI is InChI=1S/C24H24FNO2/c1-18(20-11-6-3-7-12-20)26(17-19-9-4-2-5-10-19)23(16-24(27)28)21-13-8-14-22(25)15-21/h2-15,18,23H,16-17H2,1H3,(H,27,28)/t18-,23+/m1/s1. The predicted molar refractivity (Wildman–Crippen MR) is 108 cm³/mol. The topological polar surface area (TPSA) is 40.5 Å². The van der Waals surface area contributed by atoms with Crippen molar-refractivity contribution in [3.63, 3.8) is 0 Å². The van der Waals surface area contributed by atoms with Crippen molar-refractivity contribution < 1.29 is 14.3 Å². The summed E-state index contributed by atoms with van der Waals surface area (Å²) in [6.07, 6.45) is -0.104. The highest BCUT2D eigenvalue weighted by molar-refractivity contribution is 5.68. The maximum Gasteiger partial charge on any atom is 0.305 e. The number of carboxylic acids is 1. The summed E-state index contributed by atoms with van der Waals surface area (Å²) in [5.74, 6) is -1.27. The fourth-order valence-electron chi connectivity index (χ4n) is 3.54. The van der Waals surface area contributed by atoms with Crippen molar-refractivity contribution >= 4 is 5.97 Å². The van der Waals surface area contributed by atoms with E-state index in [4.69, 9.17) is 0 Å². The minimum absolute atomic E-state index is 0.0472. The van der Waals surface area contributed by atoms with Gasteiger partial charge in [0, 0.05) is 18.6 Å². The van der Waals surface area contributed by atoms with Crippen molar-refractivity contribution in [2.24, 2.45) is 0 Å². The van der Waals surface area contributed by atoms with Gasteiger partial charge in [-0.25, -0.2) is 4.39 Å². The molecule has 3 rings (SSSR count). The lowest BCUT2D eigenvalue weighted by molar-refractivity contribution is -0.138. The van der Waals surface area contributed by atoms with E-state index in [1.165, 1.54) is 12.1 Å². The van der Waals surface area contributed by atoms with E-state index in [-0.39, 0.29) is 18.3 Å². The molecule has 2 atom stereocenters. The number of halogens is 1. The minimum atomic E-state index is -0.910. The molecule has 1 N–H and O–H groups in total. The molecule has 0 unspecified atom stereocenters. The molecule has 4 heteroatoms. The molecule has 0 saturated carbocycles. The molecule has 3 aromatic carbocycles. The van der Waals surface area contributed by atoms with Crippen LogP contribution in [0.3, 0.4) is 0 Å². The van der Waals surface area contributed by atoms with Gasteiger partial charge in [-0.15, -0.1) is 0 Å². The van der Waals surface area contributed by atoms with Crippen molar-refractivity contribution in [2.45, 2.75) is 32.0 Å². The molecule has 0 aliphatic rings. The van der Waals surface area contributed by atoms with Crippen LogP contribution >= 0.6 is 0 Å². The molecule has 3 nitrogen and oxygen atoms in total. The van der Waals surface area contributed by atoms with Crippen molar-refractivity contribution in [1.29, 1.82) is 0 Å². The van der Waals surface area contributed by atoms with Crippen molar-refractivity contribution in [2.75, 3.05) is 0 Å². The number of benzene rings is 3. The zero-order valence-electron chi connectivity index (χ0n) is 15.8. The number of hydrogen-bond donors (Lipinski definition) is 1. The number of nitrogens with zero attached hydrogens (tertiary/aromatic N) is 1. The Balaban J connectivity index is 2.03. The lowest BCUT2D eigenvalue weighted by Gasteiger charge is -2.36. The Hall–Kier alpha value is -2.98. The largest absolute Gasteiger partial charge is 0.481 e. The molecule has 0 heterocycles. The fraction of sp³-hybridized carbons (Fsp3) is 0.208. The Kier molecular flexibility index (Phi) is 6.56. The molecule has 0 aliphatic carbocycles. The molecule has 0 bridgehead atoms. The second-order valence-corrected chi connectivity index (χ2v) is 6.91. The van der Waals surface area contributed by atoms with E-state index in [0.717, 1.165) is 11.1 Å². The average Bonchev–Trinajstić information content (AvgIpc) is 2.71. The normalized spacial score (nSPS) is 13.2. The molecule has 0 spiro atoms. The summed E-state index contributed by atoms with van der Waals surface area (Å²) < 4.78 is 13.9. The summed E-state index contributed by atoms with van der Waals surface area (Å²) >= 11 is 0. The third-order valence-corrected chi connectivity index (χ3v) is 4.99. The van der Waals surface area contributed by atoms with Crippen LogP contribution < -0.4 is 0 Å². The second-order valence-electron chi connectivity index (χ2n) is 6.91. The molecule has 144 valence electrons. The Morgan fingerprint density at radius 2 is 1.54 bits per heavy atom. The molecule has 0 aromatic heterocycles. The predicted octanol–water partition coefficient (Wildman–Crippen LogP) is 5.60. The van der Waals surface area contributed by atoms with E-state index in [1.54, 1.807) is 12.1 Å². The number of rotatable bonds is 8. The van der Waals surface area contributed by atoms with Gasteiger partial charge in [-0.2, -0.15) is 0 Å². The van der Waals surface area contributed by atoms with Gasteiger partial charge in [-0.05, 0) is 35.7 Å². The highest BCUT2D eigenvalue weighted by atomic mass is 19.1. The molecule has 28 heavy (non-hydrogen) atoms. The monoisotopic (exact) mass is 377 g/mol. The lowest BCUT2D eigenvalue weighted by atomic mass is 9.96. The smallest absolute Gasteiger partial charge is 0.305 e. The first-order valence-electron chi connectivity index (χ1n) is 9.36. The summed E-state index contributed by atoms with van der Waals surface area (Å²) in [6.45, 7) is 2.62. The van der Waals surface area contributed by atoms with Gasteiger partial charge in [0.05, 0.1) is 6.42 Å². The summed E-state index contributed by atoms with van der Waals surface area (Å²) in [5, 5.41) is 9.56. The summed E-state index contributed by atoms with van der Waals surface area (Å²) in [6, 6.07) is 25.6. The van der Waals surface area contributed by atoms with E-state index >= 15 is 0 Å². The Labute approximate surface area is 165 Å². The summed E-state index contributed by atoms with van der Waals surface area (Å²) in [5.41, 5.74) is 2.84. The van der Waals surface area contributed by atoms with E-state index < -0.39 is 12.0 Å². The van der Waals surface area contributed by atoms with Gasteiger partial charge in [-0.3, -0.25) is 9.69 Å². The fourth-order valence-corrected chi connectivity index (χ4v) is 3.54. The summed E-state index contributed by atoms with van der Waals surface area (Å²) in [4.78, 5) is 13.8. The highest BCUT2D eigenvalue weighted by Gasteiger charge is 2.28. The van der Waals surface area contributed by atoms with Gasteiger partial charge in [0.25, 0.3) is 0 Å². The molecule has 0 aliphatic heterocycles. The third-order valence-electron chi connectivity index (χ3n) is 4.99. The van der Waals surface area contributed by atoms with Gasteiger partial charge in [-0.1, -0.05) is 72.8 Å². The van der Waals surface area contributed by atoms with E-state index in [2.05, 4.69) is 11.8 Å². The number of aliphatic carboxylic acids is 1. The lowest BCUT2D eigenvalue weighted by Crippen LogP contribution is -2.32. The van der Waals surface area contributed by atoms with Crippen LogP contribution in [0.25, 0.3) is 0 Å². The van der Waals surface area contributed by atoms with E-state index in [0.29, 0.717) is 12.1 Å². The molecule has 0 amide bonds. The number of carbonyl (C=O) groups is 1. The molecular weight excluding hydrogens is 353 g/mol. The van der Waals surface area contributed by atoms with Crippen molar-refractivity contribution in [1.82, 2.24) is 4.90 Å². The molecule has 0 saturated heterocycles. The first-order chi connectivity index (χ1) is 13.5. The molecule has 0 radical (unpaired) electrons. The Bertz CT molecular complexity index is 899. The quantitative estimate of drug-likeness (QED) is 0.555. The van der Waals surface area contributed by atoms with Crippen LogP contribution in [0.4, 0.5) is 4.39 Å².